The molecule has 0 radical (unpaired) electrons. The van der Waals surface area contributed by atoms with E-state index in [1.807, 2.05) is 36.4 Å². The molecule has 0 fully saturated rings. The van der Waals surface area contributed by atoms with Crippen molar-refractivity contribution in [1.82, 2.24) is 15.1 Å². The zero-order valence-corrected chi connectivity index (χ0v) is 17.4. The summed E-state index contributed by atoms with van der Waals surface area (Å²) in [5.74, 6) is 1.29. The first-order chi connectivity index (χ1) is 14.7. The first-order valence-corrected chi connectivity index (χ1v) is 10.1. The van der Waals surface area contributed by atoms with Crippen molar-refractivity contribution in [3.05, 3.63) is 90.8 Å². The van der Waals surface area contributed by atoms with E-state index < -0.39 is 0 Å². The Balaban J connectivity index is 1.91. The molecule has 4 rings (SSSR count). The number of benzene rings is 2. The van der Waals surface area contributed by atoms with Crippen LogP contribution in [0.5, 0.6) is 0 Å². The molecular formula is C25H26N4O. The van der Waals surface area contributed by atoms with E-state index in [0.717, 1.165) is 52.6 Å². The van der Waals surface area contributed by atoms with Crippen molar-refractivity contribution in [2.24, 2.45) is 0 Å². The fraction of sp³-hybridized carbons (Fsp3) is 0.160. The lowest BCUT2D eigenvalue weighted by Gasteiger charge is -2.26. The van der Waals surface area contributed by atoms with Gasteiger partial charge in [-0.1, -0.05) is 73.7 Å². The largest absolute Gasteiger partial charge is 0.481 e. The van der Waals surface area contributed by atoms with Crippen molar-refractivity contribution in [1.29, 1.82) is 0 Å². The normalized spacial score (nSPS) is 13.1. The van der Waals surface area contributed by atoms with Gasteiger partial charge in [0.2, 0.25) is 5.88 Å². The number of methoxy groups -OCH3 is 1. The minimum absolute atomic E-state index is 0.454. The lowest BCUT2D eigenvalue weighted by atomic mass is 10.0. The van der Waals surface area contributed by atoms with E-state index in [1.54, 1.807) is 11.8 Å². The molecule has 2 heterocycles. The number of nitrogens with one attached hydrogen (secondary N) is 2. The second-order valence-electron chi connectivity index (χ2n) is 7.00. The van der Waals surface area contributed by atoms with Crippen molar-refractivity contribution in [3.8, 4) is 22.4 Å². The zero-order chi connectivity index (χ0) is 20.9. The van der Waals surface area contributed by atoms with Gasteiger partial charge in [0, 0.05) is 5.56 Å². The summed E-state index contributed by atoms with van der Waals surface area (Å²) in [6, 6.07) is 20.5. The lowest BCUT2D eigenvalue weighted by molar-refractivity contribution is 0.339. The van der Waals surface area contributed by atoms with Crippen LogP contribution in [0.25, 0.3) is 28.3 Å². The molecule has 3 aromatic rings. The molecule has 1 aromatic heterocycles. The molecule has 0 spiro atoms. The summed E-state index contributed by atoms with van der Waals surface area (Å²) in [5.41, 5.74) is 6.20. The average Bonchev–Trinajstić information content (AvgIpc) is 3.17. The van der Waals surface area contributed by atoms with Gasteiger partial charge in [-0.15, -0.1) is 0 Å². The molecule has 2 N–H and O–H groups in total. The highest BCUT2D eigenvalue weighted by molar-refractivity contribution is 5.90. The van der Waals surface area contributed by atoms with Crippen LogP contribution >= 0.6 is 0 Å². The number of allylic oxidation sites excluding steroid dienone is 2. The van der Waals surface area contributed by atoms with Crippen LogP contribution in [0.1, 0.15) is 13.3 Å². The van der Waals surface area contributed by atoms with E-state index in [9.17, 15) is 0 Å². The second-order valence-corrected chi connectivity index (χ2v) is 7.00. The molecule has 0 saturated carbocycles. The van der Waals surface area contributed by atoms with Gasteiger partial charge in [-0.25, -0.2) is 0 Å². The Kier molecular flexibility index (Phi) is 5.70. The van der Waals surface area contributed by atoms with E-state index in [2.05, 4.69) is 60.6 Å². The van der Waals surface area contributed by atoms with Crippen LogP contribution < -0.4 is 10.6 Å². The predicted octanol–water partition coefficient (Wildman–Crippen LogP) is 5.48. The molecule has 30 heavy (non-hydrogen) atoms. The van der Waals surface area contributed by atoms with Crippen LogP contribution in [0.4, 0.5) is 5.82 Å². The summed E-state index contributed by atoms with van der Waals surface area (Å²) in [7, 11) is 1.61. The van der Waals surface area contributed by atoms with Crippen LogP contribution in [-0.2, 0) is 4.74 Å². The fourth-order valence-corrected chi connectivity index (χ4v) is 3.41. The van der Waals surface area contributed by atoms with Gasteiger partial charge < -0.3 is 15.4 Å². The molecule has 0 unspecified atom stereocenters. The summed E-state index contributed by atoms with van der Waals surface area (Å²) in [5, 5.41) is 11.9. The third kappa shape index (κ3) is 3.74. The Morgan fingerprint density at radius 2 is 1.80 bits per heavy atom. The predicted molar refractivity (Wildman–Crippen MR) is 124 cm³/mol. The molecule has 1 aliphatic rings. The van der Waals surface area contributed by atoms with Gasteiger partial charge in [0.05, 0.1) is 30.6 Å². The van der Waals surface area contributed by atoms with Crippen LogP contribution in [-0.4, -0.2) is 23.4 Å². The number of rotatable bonds is 8. The number of aromatic nitrogens is 2. The van der Waals surface area contributed by atoms with Gasteiger partial charge in [-0.3, -0.25) is 0 Å². The van der Waals surface area contributed by atoms with Crippen molar-refractivity contribution < 1.29 is 4.74 Å². The monoisotopic (exact) mass is 398 g/mol. The Labute approximate surface area is 177 Å². The van der Waals surface area contributed by atoms with Gasteiger partial charge in [0.15, 0.2) is 0 Å². The molecule has 1 aliphatic heterocycles. The number of hydrogen-bond donors (Lipinski definition) is 2. The van der Waals surface area contributed by atoms with Gasteiger partial charge in [0.1, 0.15) is 11.5 Å². The van der Waals surface area contributed by atoms with Crippen molar-refractivity contribution in [2.75, 3.05) is 19.0 Å². The number of hydrogen-bond acceptors (Lipinski definition) is 4. The van der Waals surface area contributed by atoms with E-state index >= 15 is 0 Å². The van der Waals surface area contributed by atoms with Gasteiger partial charge >= 0.3 is 0 Å². The van der Waals surface area contributed by atoms with Gasteiger partial charge in [-0.2, -0.15) is 9.78 Å². The first kappa shape index (κ1) is 19.6. The molecule has 5 nitrogen and oxygen atoms in total. The van der Waals surface area contributed by atoms with Crippen molar-refractivity contribution in [2.45, 2.75) is 13.3 Å². The summed E-state index contributed by atoms with van der Waals surface area (Å²) in [6.45, 7) is 6.95. The topological polar surface area (TPSA) is 51.1 Å². The van der Waals surface area contributed by atoms with E-state index in [1.165, 1.54) is 0 Å². The molecule has 0 bridgehead atoms. The maximum absolute atomic E-state index is 5.46. The van der Waals surface area contributed by atoms with Gasteiger partial charge in [0.25, 0.3) is 0 Å². The zero-order valence-electron chi connectivity index (χ0n) is 17.4. The highest BCUT2D eigenvalue weighted by Gasteiger charge is 2.25. The maximum atomic E-state index is 5.46. The van der Waals surface area contributed by atoms with Crippen LogP contribution in [0.15, 0.2) is 90.8 Å². The summed E-state index contributed by atoms with van der Waals surface area (Å²) in [6.07, 6.45) is 5.24. The summed E-state index contributed by atoms with van der Waals surface area (Å²) >= 11 is 0. The van der Waals surface area contributed by atoms with Crippen LogP contribution in [0.2, 0.25) is 0 Å². The Morgan fingerprint density at radius 1 is 1.13 bits per heavy atom. The summed E-state index contributed by atoms with van der Waals surface area (Å²) in [4.78, 5) is 0. The molecular weight excluding hydrogens is 372 g/mol. The van der Waals surface area contributed by atoms with Crippen LogP contribution in [0.3, 0.4) is 0 Å². The number of anilines is 1. The molecule has 5 heteroatoms. The van der Waals surface area contributed by atoms with E-state index in [4.69, 9.17) is 9.84 Å². The minimum atomic E-state index is 0.454. The number of nitrogens with zero attached hydrogens (tertiary/aromatic N) is 2. The SMILES string of the molecule is C=C(OC)n1nc(-c2ccccc2)c(-c2ccccc2)c1NC1=C(/C=C\CC)NC1. The van der Waals surface area contributed by atoms with Crippen molar-refractivity contribution in [3.63, 3.8) is 0 Å². The molecule has 2 aromatic carbocycles. The molecule has 152 valence electrons. The minimum Gasteiger partial charge on any atom is -0.481 e. The highest BCUT2D eigenvalue weighted by atomic mass is 16.5. The second kappa shape index (κ2) is 8.74. The summed E-state index contributed by atoms with van der Waals surface area (Å²) < 4.78 is 7.21. The van der Waals surface area contributed by atoms with E-state index in [-0.39, 0.29) is 0 Å². The fourth-order valence-electron chi connectivity index (χ4n) is 3.41. The Bertz CT molecular complexity index is 1090. The first-order valence-electron chi connectivity index (χ1n) is 10.1. The smallest absolute Gasteiger partial charge is 0.208 e. The Morgan fingerprint density at radius 3 is 2.37 bits per heavy atom. The standard InChI is InChI=1S/C25H26N4O/c1-4-5-16-21-22(17-26-21)27-25-23(19-12-8-6-9-13-19)24(20-14-10-7-11-15-20)28-29(25)18(2)30-3/h5-16,26-27H,2,4,17H2,1,3H3/b16-5-. The highest BCUT2D eigenvalue weighted by Crippen LogP contribution is 2.40. The molecule has 0 aliphatic carbocycles. The average molecular weight is 399 g/mol. The van der Waals surface area contributed by atoms with Crippen LogP contribution in [0, 0.1) is 0 Å². The quantitative estimate of drug-likeness (QED) is 0.493. The van der Waals surface area contributed by atoms with E-state index in [0.29, 0.717) is 5.88 Å². The molecule has 0 saturated heterocycles. The molecule has 0 atom stereocenters. The van der Waals surface area contributed by atoms with Crippen molar-refractivity contribution >= 4 is 11.7 Å². The third-order valence-corrected chi connectivity index (χ3v) is 5.04. The third-order valence-electron chi connectivity index (χ3n) is 5.04. The Hall–Kier alpha value is -3.73. The lowest BCUT2D eigenvalue weighted by Crippen LogP contribution is -2.33. The maximum Gasteiger partial charge on any atom is 0.208 e. The number of ether oxygens (including phenoxy) is 1. The molecule has 0 amide bonds. The van der Waals surface area contributed by atoms with Gasteiger partial charge in [-0.05, 0) is 24.6 Å².